The zero-order valence-corrected chi connectivity index (χ0v) is 17.4. The number of carboxylic acids is 1. The fourth-order valence-electron chi connectivity index (χ4n) is 2.81. The van der Waals surface area contributed by atoms with E-state index in [2.05, 4.69) is 45.9 Å². The number of aliphatic carboxylic acids is 1. The van der Waals surface area contributed by atoms with E-state index >= 15 is 0 Å². The molecule has 0 aliphatic rings. The fourth-order valence-corrected chi connectivity index (χ4v) is 2.81. The molecule has 0 saturated carbocycles. The average Bonchev–Trinajstić information content (AvgIpc) is 2.59. The first kappa shape index (κ1) is 25.6. The summed E-state index contributed by atoms with van der Waals surface area (Å²) in [6, 6.07) is 0. The molecule has 1 atom stereocenters. The highest BCUT2D eigenvalue weighted by atomic mass is 16.4. The standard InChI is InChI=1S/C22H38O5/c1-17(2)9-7-11-19(4)13-8-12-18(3)10-5-6-14-20(25)22(15-23,16-24)21(26)27/h9-10,13,20,23-25H,5-8,11-12,14-16H2,1-4H3,(H,26,27). The first-order valence-electron chi connectivity index (χ1n) is 9.77. The third kappa shape index (κ3) is 9.89. The summed E-state index contributed by atoms with van der Waals surface area (Å²) in [5, 5.41) is 37.8. The Hall–Kier alpha value is -1.43. The van der Waals surface area contributed by atoms with Crippen molar-refractivity contribution in [3.63, 3.8) is 0 Å². The Morgan fingerprint density at radius 2 is 1.37 bits per heavy atom. The van der Waals surface area contributed by atoms with E-state index in [4.69, 9.17) is 5.11 Å². The minimum absolute atomic E-state index is 0.223. The van der Waals surface area contributed by atoms with Gasteiger partial charge in [-0.15, -0.1) is 0 Å². The highest BCUT2D eigenvalue weighted by Gasteiger charge is 2.44. The summed E-state index contributed by atoms with van der Waals surface area (Å²) in [6.07, 6.45) is 11.1. The Balaban J connectivity index is 4.26. The Bertz CT molecular complexity index is 523. The lowest BCUT2D eigenvalue weighted by Gasteiger charge is -2.30. The maximum absolute atomic E-state index is 11.2. The predicted octanol–water partition coefficient (Wildman–Crippen LogP) is 3.99. The van der Waals surface area contributed by atoms with Gasteiger partial charge in [0.15, 0.2) is 0 Å². The molecule has 0 saturated heterocycles. The van der Waals surface area contributed by atoms with Gasteiger partial charge in [0, 0.05) is 0 Å². The van der Waals surface area contributed by atoms with Gasteiger partial charge in [-0.1, -0.05) is 34.9 Å². The van der Waals surface area contributed by atoms with Crippen LogP contribution < -0.4 is 0 Å². The number of carbonyl (C=O) groups is 1. The molecular formula is C22H38O5. The maximum Gasteiger partial charge on any atom is 0.317 e. The molecule has 1 unspecified atom stereocenters. The van der Waals surface area contributed by atoms with Crippen LogP contribution >= 0.6 is 0 Å². The molecule has 0 aliphatic carbocycles. The largest absolute Gasteiger partial charge is 0.481 e. The predicted molar refractivity (Wildman–Crippen MR) is 110 cm³/mol. The molecule has 0 spiro atoms. The van der Waals surface area contributed by atoms with E-state index < -0.39 is 30.7 Å². The van der Waals surface area contributed by atoms with Crippen LogP contribution in [0.2, 0.25) is 0 Å². The number of hydrogen-bond acceptors (Lipinski definition) is 4. The third-order valence-electron chi connectivity index (χ3n) is 4.93. The summed E-state index contributed by atoms with van der Waals surface area (Å²) in [4.78, 5) is 11.2. The second-order valence-electron chi connectivity index (χ2n) is 7.68. The zero-order valence-electron chi connectivity index (χ0n) is 17.4. The Morgan fingerprint density at radius 3 is 1.81 bits per heavy atom. The minimum atomic E-state index is -1.88. The molecule has 5 heteroatoms. The molecular weight excluding hydrogens is 344 g/mol. The molecule has 0 aromatic rings. The lowest BCUT2D eigenvalue weighted by Crippen LogP contribution is -2.48. The lowest BCUT2D eigenvalue weighted by atomic mass is 9.81. The molecule has 0 aliphatic heterocycles. The number of unbranched alkanes of at least 4 members (excludes halogenated alkanes) is 1. The van der Waals surface area contributed by atoms with Crippen molar-refractivity contribution < 1.29 is 25.2 Å². The van der Waals surface area contributed by atoms with Crippen LogP contribution in [0.25, 0.3) is 0 Å². The summed E-state index contributed by atoms with van der Waals surface area (Å²) < 4.78 is 0. The summed E-state index contributed by atoms with van der Waals surface area (Å²) in [5.74, 6) is -1.38. The van der Waals surface area contributed by atoms with Gasteiger partial charge < -0.3 is 20.4 Å². The molecule has 0 radical (unpaired) electrons. The van der Waals surface area contributed by atoms with Crippen LogP contribution in [-0.4, -0.2) is 45.7 Å². The lowest BCUT2D eigenvalue weighted by molar-refractivity contribution is -0.166. The smallest absolute Gasteiger partial charge is 0.317 e. The van der Waals surface area contributed by atoms with Gasteiger partial charge in [0.25, 0.3) is 0 Å². The highest BCUT2D eigenvalue weighted by molar-refractivity contribution is 5.75. The highest BCUT2D eigenvalue weighted by Crippen LogP contribution is 2.25. The van der Waals surface area contributed by atoms with Gasteiger partial charge in [0.05, 0.1) is 19.3 Å². The molecule has 0 heterocycles. The molecule has 0 fully saturated rings. The zero-order chi connectivity index (χ0) is 20.9. The maximum atomic E-state index is 11.2. The number of allylic oxidation sites excluding steroid dienone is 6. The normalized spacial score (nSPS) is 14.2. The van der Waals surface area contributed by atoms with E-state index in [-0.39, 0.29) is 6.42 Å². The van der Waals surface area contributed by atoms with Gasteiger partial charge in [-0.2, -0.15) is 0 Å². The van der Waals surface area contributed by atoms with Crippen molar-refractivity contribution >= 4 is 5.97 Å². The average molecular weight is 383 g/mol. The van der Waals surface area contributed by atoms with Gasteiger partial charge >= 0.3 is 5.97 Å². The van der Waals surface area contributed by atoms with Gasteiger partial charge in [0.1, 0.15) is 5.41 Å². The van der Waals surface area contributed by atoms with Crippen LogP contribution in [0.4, 0.5) is 0 Å². The van der Waals surface area contributed by atoms with Crippen LogP contribution in [0.15, 0.2) is 34.9 Å². The fraction of sp³-hybridized carbons (Fsp3) is 0.682. The van der Waals surface area contributed by atoms with Gasteiger partial charge in [-0.3, -0.25) is 4.79 Å². The number of rotatable bonds is 14. The second kappa shape index (κ2) is 13.7. The van der Waals surface area contributed by atoms with E-state index in [0.29, 0.717) is 6.42 Å². The molecule has 0 amide bonds. The SMILES string of the molecule is CC(C)=CCCC(C)=CCCC(C)=CCCCC(O)C(CO)(CO)C(=O)O. The molecule has 5 nitrogen and oxygen atoms in total. The van der Waals surface area contributed by atoms with Gasteiger partial charge in [-0.25, -0.2) is 0 Å². The van der Waals surface area contributed by atoms with Crippen molar-refractivity contribution in [2.45, 2.75) is 78.7 Å². The van der Waals surface area contributed by atoms with Crippen LogP contribution in [0, 0.1) is 5.41 Å². The summed E-state index contributed by atoms with van der Waals surface area (Å²) in [5.41, 5.74) is 2.14. The van der Waals surface area contributed by atoms with Crippen molar-refractivity contribution in [1.82, 2.24) is 0 Å². The number of aliphatic hydroxyl groups is 3. The Labute approximate surface area is 164 Å². The Morgan fingerprint density at radius 1 is 0.889 bits per heavy atom. The van der Waals surface area contributed by atoms with Crippen molar-refractivity contribution in [1.29, 1.82) is 0 Å². The van der Waals surface area contributed by atoms with E-state index in [1.54, 1.807) is 0 Å². The van der Waals surface area contributed by atoms with Crippen LogP contribution in [-0.2, 0) is 4.79 Å². The molecule has 0 aromatic carbocycles. The van der Waals surface area contributed by atoms with E-state index in [9.17, 15) is 20.1 Å². The molecule has 0 rings (SSSR count). The topological polar surface area (TPSA) is 98.0 Å². The third-order valence-corrected chi connectivity index (χ3v) is 4.93. The Kier molecular flexibility index (Phi) is 13.0. The van der Waals surface area contributed by atoms with E-state index in [1.807, 2.05) is 0 Å². The number of aliphatic hydroxyl groups excluding tert-OH is 3. The monoisotopic (exact) mass is 382 g/mol. The van der Waals surface area contributed by atoms with Gasteiger partial charge in [-0.05, 0) is 72.6 Å². The summed E-state index contributed by atoms with van der Waals surface area (Å²) in [6.45, 7) is 6.90. The molecule has 0 bridgehead atoms. The van der Waals surface area contributed by atoms with Crippen LogP contribution in [0.5, 0.6) is 0 Å². The minimum Gasteiger partial charge on any atom is -0.481 e. The molecule has 27 heavy (non-hydrogen) atoms. The number of carboxylic acid groups (broad SMARTS) is 1. The van der Waals surface area contributed by atoms with E-state index in [1.165, 1.54) is 16.7 Å². The summed E-state index contributed by atoms with van der Waals surface area (Å²) >= 11 is 0. The van der Waals surface area contributed by atoms with Crippen molar-refractivity contribution in [3.05, 3.63) is 34.9 Å². The van der Waals surface area contributed by atoms with Crippen LogP contribution in [0.3, 0.4) is 0 Å². The number of hydrogen-bond donors (Lipinski definition) is 4. The molecule has 4 N–H and O–H groups in total. The first-order valence-corrected chi connectivity index (χ1v) is 9.77. The first-order chi connectivity index (χ1) is 12.7. The van der Waals surface area contributed by atoms with E-state index in [0.717, 1.165) is 32.1 Å². The van der Waals surface area contributed by atoms with Crippen molar-refractivity contribution in [3.8, 4) is 0 Å². The molecule has 156 valence electrons. The molecule has 0 aromatic heterocycles. The van der Waals surface area contributed by atoms with Crippen LogP contribution in [0.1, 0.15) is 72.6 Å². The second-order valence-corrected chi connectivity index (χ2v) is 7.68. The van der Waals surface area contributed by atoms with Crippen molar-refractivity contribution in [2.24, 2.45) is 5.41 Å². The van der Waals surface area contributed by atoms with Crippen molar-refractivity contribution in [2.75, 3.05) is 13.2 Å². The van der Waals surface area contributed by atoms with Gasteiger partial charge in [0.2, 0.25) is 0 Å². The summed E-state index contributed by atoms with van der Waals surface area (Å²) in [7, 11) is 0. The quantitative estimate of drug-likeness (QED) is 0.269.